The average molecular weight is 564 g/mol. The largest absolute Gasteiger partial charge is 0.273 e. The fraction of sp³-hybridized carbons (Fsp3) is 0.156. The number of nitro benzene ring substituents is 1. The van der Waals surface area contributed by atoms with E-state index in [-0.39, 0.29) is 29.6 Å². The van der Waals surface area contributed by atoms with Crippen LogP contribution >= 0.6 is 11.6 Å². The first-order valence-electron chi connectivity index (χ1n) is 13.2. The van der Waals surface area contributed by atoms with Crippen LogP contribution in [0.25, 0.3) is 0 Å². The normalized spacial score (nSPS) is 21.7. The molecule has 8 nitrogen and oxygen atoms in total. The molecule has 1 saturated heterocycles. The van der Waals surface area contributed by atoms with E-state index in [0.29, 0.717) is 10.6 Å². The lowest BCUT2D eigenvalue weighted by Crippen LogP contribution is -2.50. The van der Waals surface area contributed by atoms with Crippen molar-refractivity contribution in [1.82, 2.24) is 10.0 Å². The van der Waals surface area contributed by atoms with E-state index in [1.807, 2.05) is 48.5 Å². The van der Waals surface area contributed by atoms with Gasteiger partial charge in [0.25, 0.3) is 23.4 Å². The molecule has 4 aromatic rings. The molecule has 2 bridgehead atoms. The Morgan fingerprint density at radius 3 is 1.78 bits per heavy atom. The van der Waals surface area contributed by atoms with Gasteiger partial charge in [-0.2, -0.15) is 5.01 Å². The fourth-order valence-electron chi connectivity index (χ4n) is 6.80. The zero-order chi connectivity index (χ0) is 28.4. The lowest BCUT2D eigenvalue weighted by Gasteiger charge is -2.45. The molecule has 0 radical (unpaired) electrons. The summed E-state index contributed by atoms with van der Waals surface area (Å²) in [4.78, 5) is 53.6. The number of rotatable bonds is 5. The number of hydrogen-bond acceptors (Lipinski definition) is 5. The number of imide groups is 1. The highest BCUT2D eigenvalue weighted by Crippen LogP contribution is 2.61. The number of carbonyl (C=O) groups excluding carboxylic acids is 3. The summed E-state index contributed by atoms with van der Waals surface area (Å²) in [5, 5.41) is 14.1. The monoisotopic (exact) mass is 563 g/mol. The van der Waals surface area contributed by atoms with Crippen LogP contribution in [0.5, 0.6) is 0 Å². The number of nitrogens with zero attached hydrogens (tertiary/aromatic N) is 3. The minimum absolute atomic E-state index is 0.00169. The maximum Gasteiger partial charge on any atom is 0.273 e. The zero-order valence-electron chi connectivity index (χ0n) is 21.5. The molecule has 0 saturated carbocycles. The van der Waals surface area contributed by atoms with Gasteiger partial charge in [-0.3, -0.25) is 24.5 Å². The maximum atomic E-state index is 14.3. The Bertz CT molecular complexity index is 1660. The highest BCUT2D eigenvalue weighted by Gasteiger charge is 2.63. The van der Waals surface area contributed by atoms with Gasteiger partial charge in [-0.15, -0.1) is 0 Å². The van der Waals surface area contributed by atoms with Crippen molar-refractivity contribution in [1.29, 1.82) is 0 Å². The van der Waals surface area contributed by atoms with Gasteiger partial charge in [-0.05, 0) is 46.0 Å². The van der Waals surface area contributed by atoms with Crippen molar-refractivity contribution in [2.24, 2.45) is 11.8 Å². The molecule has 9 heteroatoms. The first-order valence-corrected chi connectivity index (χ1v) is 13.6. The molecule has 8 rings (SSSR count). The van der Waals surface area contributed by atoms with Gasteiger partial charge in [0.2, 0.25) is 0 Å². The van der Waals surface area contributed by atoms with Gasteiger partial charge in [-0.25, -0.2) is 5.01 Å². The van der Waals surface area contributed by atoms with Gasteiger partial charge in [0.15, 0.2) is 0 Å². The fourth-order valence-corrected chi connectivity index (χ4v) is 6.92. The second-order valence-corrected chi connectivity index (χ2v) is 11.0. The number of non-ortho nitro benzene ring substituents is 1. The van der Waals surface area contributed by atoms with E-state index in [4.69, 9.17) is 11.6 Å². The summed E-state index contributed by atoms with van der Waals surface area (Å²) < 4.78 is 0. The topological polar surface area (TPSA) is 101 Å². The number of carbonyl (C=O) groups is 3. The van der Waals surface area contributed by atoms with Crippen molar-refractivity contribution in [3.8, 4) is 0 Å². The van der Waals surface area contributed by atoms with Crippen LogP contribution in [0.3, 0.4) is 0 Å². The van der Waals surface area contributed by atoms with Crippen molar-refractivity contribution in [3.05, 3.63) is 146 Å². The van der Waals surface area contributed by atoms with Gasteiger partial charge >= 0.3 is 0 Å². The molecule has 0 unspecified atom stereocenters. The second-order valence-electron chi connectivity index (χ2n) is 10.5. The van der Waals surface area contributed by atoms with Crippen molar-refractivity contribution in [2.75, 3.05) is 0 Å². The average Bonchev–Trinajstić information content (AvgIpc) is 3.26. The lowest BCUT2D eigenvalue weighted by molar-refractivity contribution is -0.384. The molecule has 1 aliphatic heterocycles. The first-order chi connectivity index (χ1) is 19.8. The van der Waals surface area contributed by atoms with E-state index < -0.39 is 34.5 Å². The van der Waals surface area contributed by atoms with Crippen molar-refractivity contribution in [2.45, 2.75) is 18.4 Å². The second kappa shape index (κ2) is 9.38. The molecule has 2 atom stereocenters. The van der Waals surface area contributed by atoms with Crippen molar-refractivity contribution in [3.63, 3.8) is 0 Å². The molecule has 1 heterocycles. The molecule has 0 spiro atoms. The Kier molecular flexibility index (Phi) is 5.76. The minimum atomic E-state index is -0.689. The summed E-state index contributed by atoms with van der Waals surface area (Å²) in [7, 11) is 0. The van der Waals surface area contributed by atoms with Crippen LogP contribution in [0.2, 0.25) is 5.02 Å². The van der Waals surface area contributed by atoms with E-state index >= 15 is 0 Å². The number of amides is 3. The summed E-state index contributed by atoms with van der Waals surface area (Å²) in [6.45, 7) is -0.106. The summed E-state index contributed by atoms with van der Waals surface area (Å²) in [5.74, 6) is -3.61. The Morgan fingerprint density at radius 2 is 1.29 bits per heavy atom. The van der Waals surface area contributed by atoms with Gasteiger partial charge in [-0.1, -0.05) is 78.3 Å². The molecule has 0 N–H and O–H groups in total. The molecule has 4 aliphatic rings. The highest BCUT2D eigenvalue weighted by atomic mass is 35.5. The predicted molar refractivity (Wildman–Crippen MR) is 150 cm³/mol. The van der Waals surface area contributed by atoms with E-state index in [1.54, 1.807) is 24.3 Å². The highest BCUT2D eigenvalue weighted by molar-refractivity contribution is 6.30. The van der Waals surface area contributed by atoms with Crippen LogP contribution in [0.15, 0.2) is 97.1 Å². The number of benzene rings is 4. The lowest BCUT2D eigenvalue weighted by atomic mass is 9.55. The predicted octanol–water partition coefficient (Wildman–Crippen LogP) is 5.70. The third kappa shape index (κ3) is 3.78. The molecule has 0 aromatic heterocycles. The Morgan fingerprint density at radius 1 is 0.780 bits per heavy atom. The van der Waals surface area contributed by atoms with Crippen molar-refractivity contribution >= 4 is 35.0 Å². The minimum Gasteiger partial charge on any atom is -0.272 e. The standard InChI is InChI=1S/C32H22ClN3O5/c33-20-14-12-18(13-15-20)17-34(30(37)19-6-5-7-21(16-19)36(40)41)35-31(38)28-26-22-8-1-2-9-23(22)27(29(28)32(35)39)25-11-4-3-10-24(25)26/h1-16,26-29H,17H2/t26?,27?,28-,29-/m1/s1. The smallest absolute Gasteiger partial charge is 0.272 e. The SMILES string of the molecule is O=C(c1cccc([N+](=O)[O-])c1)N(Cc1ccc(Cl)cc1)N1C(=O)[C@@H]2C3c4ccccc4C(c4ccccc43)[C@H]2C1=O. The van der Waals surface area contributed by atoms with Crippen molar-refractivity contribution < 1.29 is 19.3 Å². The Labute approximate surface area is 239 Å². The summed E-state index contributed by atoms with van der Waals surface area (Å²) in [6.07, 6.45) is 0. The Hall–Kier alpha value is -4.82. The third-order valence-electron chi connectivity index (χ3n) is 8.45. The zero-order valence-corrected chi connectivity index (χ0v) is 22.3. The van der Waals surface area contributed by atoms with Crippen LogP contribution in [0.1, 0.15) is 50.0 Å². The van der Waals surface area contributed by atoms with Crippen LogP contribution in [0.4, 0.5) is 5.69 Å². The van der Waals surface area contributed by atoms with E-state index in [2.05, 4.69) is 0 Å². The van der Waals surface area contributed by atoms with Gasteiger partial charge in [0.1, 0.15) is 0 Å². The summed E-state index contributed by atoms with van der Waals surface area (Å²) in [6, 6.07) is 27.8. The number of nitro groups is 1. The van der Waals surface area contributed by atoms with Crippen LogP contribution < -0.4 is 0 Å². The maximum absolute atomic E-state index is 14.3. The number of halogens is 1. The quantitative estimate of drug-likeness (QED) is 0.176. The molecular weight excluding hydrogens is 542 g/mol. The van der Waals surface area contributed by atoms with E-state index in [9.17, 15) is 24.5 Å². The van der Waals surface area contributed by atoms with Crippen LogP contribution in [-0.2, 0) is 16.1 Å². The third-order valence-corrected chi connectivity index (χ3v) is 8.70. The summed E-state index contributed by atoms with van der Waals surface area (Å²) >= 11 is 6.07. The molecule has 41 heavy (non-hydrogen) atoms. The van der Waals surface area contributed by atoms with Gasteiger partial charge in [0.05, 0.1) is 23.3 Å². The molecular formula is C32H22ClN3O5. The van der Waals surface area contributed by atoms with Gasteiger partial charge in [0, 0.05) is 34.6 Å². The Balaban J connectivity index is 1.35. The van der Waals surface area contributed by atoms with E-state index in [0.717, 1.165) is 38.3 Å². The molecule has 3 aliphatic carbocycles. The first kappa shape index (κ1) is 25.2. The molecule has 3 amide bonds. The van der Waals surface area contributed by atoms with Gasteiger partial charge < -0.3 is 0 Å². The molecule has 202 valence electrons. The summed E-state index contributed by atoms with van der Waals surface area (Å²) in [5.41, 5.74) is 4.46. The van der Waals surface area contributed by atoms with E-state index in [1.165, 1.54) is 18.2 Å². The van der Waals surface area contributed by atoms with Crippen LogP contribution in [-0.4, -0.2) is 32.7 Å². The molecule has 4 aromatic carbocycles. The number of hydrazine groups is 1. The van der Waals surface area contributed by atoms with Crippen LogP contribution in [0, 0.1) is 22.0 Å². The molecule has 1 fully saturated rings. The number of hydrogen-bond donors (Lipinski definition) is 0.